The predicted molar refractivity (Wildman–Crippen MR) is 108 cm³/mol. The van der Waals surface area contributed by atoms with E-state index in [1.165, 1.54) is 0 Å². The van der Waals surface area contributed by atoms with Gasteiger partial charge in [-0.2, -0.15) is 0 Å². The van der Waals surface area contributed by atoms with Gasteiger partial charge in [-0.15, -0.1) is 5.10 Å². The lowest BCUT2D eigenvalue weighted by atomic mass is 10.1. The van der Waals surface area contributed by atoms with Crippen LogP contribution in [0.15, 0.2) is 36.9 Å². The van der Waals surface area contributed by atoms with E-state index < -0.39 is 11.7 Å². The molecule has 0 saturated heterocycles. The minimum Gasteiger partial charge on any atom is -0.495 e. The van der Waals surface area contributed by atoms with E-state index in [2.05, 4.69) is 20.6 Å². The smallest absolute Gasteiger partial charge is 0.407 e. The highest BCUT2D eigenvalue weighted by atomic mass is 16.6. The van der Waals surface area contributed by atoms with Gasteiger partial charge < -0.3 is 19.4 Å². The molecule has 0 fully saturated rings. The average Bonchev–Trinajstić information content (AvgIpc) is 3.29. The molecule has 9 heteroatoms. The molecule has 0 aliphatic heterocycles. The normalized spacial score (nSPS) is 11.3. The van der Waals surface area contributed by atoms with Gasteiger partial charge in [-0.1, -0.05) is 11.3 Å². The Kier molecular flexibility index (Phi) is 5.86. The number of hydrogen-bond acceptors (Lipinski definition) is 6. The summed E-state index contributed by atoms with van der Waals surface area (Å²) in [4.78, 5) is 16.0. The molecule has 29 heavy (non-hydrogen) atoms. The third kappa shape index (κ3) is 5.34. The van der Waals surface area contributed by atoms with Crippen LogP contribution in [0.3, 0.4) is 0 Å². The fourth-order valence-corrected chi connectivity index (χ4v) is 2.73. The Morgan fingerprint density at radius 3 is 2.69 bits per heavy atom. The maximum absolute atomic E-state index is 11.7. The Hall–Kier alpha value is -3.36. The van der Waals surface area contributed by atoms with Gasteiger partial charge in [0.1, 0.15) is 17.0 Å². The average molecular weight is 398 g/mol. The summed E-state index contributed by atoms with van der Waals surface area (Å²) in [5, 5.41) is 11.0. The molecule has 2 heterocycles. The molecule has 0 aliphatic rings. The SMILES string of the molecule is COc1cc(-c2cn(CCNC(=O)OC(C)(C)C)nn2)ccc1-n1cnc(C)c1. The molecule has 154 valence electrons. The number of methoxy groups -OCH3 is 1. The number of rotatable bonds is 6. The minimum absolute atomic E-state index is 0.389. The molecule has 0 aliphatic carbocycles. The lowest BCUT2D eigenvalue weighted by molar-refractivity contribution is 0.0525. The Labute approximate surface area is 169 Å². The van der Waals surface area contributed by atoms with Gasteiger partial charge in [0.2, 0.25) is 0 Å². The van der Waals surface area contributed by atoms with Crippen molar-refractivity contribution in [3.8, 4) is 22.7 Å². The van der Waals surface area contributed by atoms with Crippen molar-refractivity contribution < 1.29 is 14.3 Å². The van der Waals surface area contributed by atoms with Crippen LogP contribution in [0.4, 0.5) is 4.79 Å². The lowest BCUT2D eigenvalue weighted by Gasteiger charge is -2.19. The molecule has 3 rings (SSSR count). The van der Waals surface area contributed by atoms with Crippen LogP contribution in [0.5, 0.6) is 5.75 Å². The Balaban J connectivity index is 1.66. The molecule has 1 amide bonds. The Bertz CT molecular complexity index is 986. The third-order valence-electron chi connectivity index (χ3n) is 4.01. The first kappa shape index (κ1) is 20.4. The first-order valence-corrected chi connectivity index (χ1v) is 9.31. The molecule has 1 aromatic carbocycles. The third-order valence-corrected chi connectivity index (χ3v) is 4.01. The van der Waals surface area contributed by atoms with E-state index >= 15 is 0 Å². The van der Waals surface area contributed by atoms with Gasteiger partial charge in [-0.25, -0.2) is 9.78 Å². The van der Waals surface area contributed by atoms with Crippen LogP contribution in [0.2, 0.25) is 0 Å². The van der Waals surface area contributed by atoms with Gasteiger partial charge in [-0.3, -0.25) is 4.68 Å². The van der Waals surface area contributed by atoms with E-state index in [1.807, 2.05) is 62.9 Å². The van der Waals surface area contributed by atoms with Crippen molar-refractivity contribution in [2.45, 2.75) is 39.8 Å². The van der Waals surface area contributed by atoms with Gasteiger partial charge in [-0.05, 0) is 39.8 Å². The van der Waals surface area contributed by atoms with E-state index in [0.29, 0.717) is 24.5 Å². The van der Waals surface area contributed by atoms with E-state index in [0.717, 1.165) is 16.9 Å². The summed E-state index contributed by atoms with van der Waals surface area (Å²) in [7, 11) is 1.63. The molecular weight excluding hydrogens is 372 g/mol. The molecule has 9 nitrogen and oxygen atoms in total. The first-order valence-electron chi connectivity index (χ1n) is 9.31. The number of alkyl carbamates (subject to hydrolysis) is 1. The molecule has 0 unspecified atom stereocenters. The summed E-state index contributed by atoms with van der Waals surface area (Å²) in [5.41, 5.74) is 2.90. The van der Waals surface area contributed by atoms with E-state index in [4.69, 9.17) is 9.47 Å². The molecular formula is C20H26N6O3. The molecule has 0 bridgehead atoms. The standard InChI is InChI=1S/C20H26N6O3/c1-14-11-25(13-22-14)17-7-6-15(10-18(17)28-5)16-12-26(24-23-16)9-8-21-19(27)29-20(2,3)4/h6-7,10-13H,8-9H2,1-5H3,(H,21,27). The molecule has 0 atom stereocenters. The van der Waals surface area contributed by atoms with Crippen molar-refractivity contribution >= 4 is 6.09 Å². The van der Waals surface area contributed by atoms with Crippen molar-refractivity contribution in [2.75, 3.05) is 13.7 Å². The molecule has 3 aromatic rings. The largest absolute Gasteiger partial charge is 0.495 e. The zero-order valence-electron chi connectivity index (χ0n) is 17.3. The van der Waals surface area contributed by atoms with Crippen molar-refractivity contribution in [2.24, 2.45) is 0 Å². The number of carbonyl (C=O) groups excluding carboxylic acids is 1. The number of benzene rings is 1. The summed E-state index contributed by atoms with van der Waals surface area (Å²) in [6.07, 6.45) is 5.06. The van der Waals surface area contributed by atoms with E-state index in [-0.39, 0.29) is 0 Å². The molecule has 2 aromatic heterocycles. The van der Waals surface area contributed by atoms with Gasteiger partial charge in [0, 0.05) is 18.3 Å². The first-order chi connectivity index (χ1) is 13.7. The van der Waals surface area contributed by atoms with E-state index in [9.17, 15) is 4.79 Å². The van der Waals surface area contributed by atoms with Gasteiger partial charge >= 0.3 is 6.09 Å². The molecule has 0 spiro atoms. The summed E-state index contributed by atoms with van der Waals surface area (Å²) >= 11 is 0. The number of hydrogen-bond donors (Lipinski definition) is 1. The number of nitrogens with zero attached hydrogens (tertiary/aromatic N) is 5. The highest BCUT2D eigenvalue weighted by Crippen LogP contribution is 2.28. The summed E-state index contributed by atoms with van der Waals surface area (Å²) in [6.45, 7) is 8.28. The number of nitrogens with one attached hydrogen (secondary N) is 1. The van der Waals surface area contributed by atoms with Crippen molar-refractivity contribution in [3.05, 3.63) is 42.6 Å². The molecule has 0 saturated carbocycles. The zero-order chi connectivity index (χ0) is 21.0. The van der Waals surface area contributed by atoms with Gasteiger partial charge in [0.15, 0.2) is 0 Å². The lowest BCUT2D eigenvalue weighted by Crippen LogP contribution is -2.34. The molecule has 0 radical (unpaired) electrons. The van der Waals surface area contributed by atoms with Crippen LogP contribution >= 0.6 is 0 Å². The zero-order valence-corrected chi connectivity index (χ0v) is 17.3. The number of carbonyl (C=O) groups is 1. The van der Waals surface area contributed by atoms with Crippen LogP contribution < -0.4 is 10.1 Å². The van der Waals surface area contributed by atoms with Crippen LogP contribution in [-0.2, 0) is 11.3 Å². The number of ether oxygens (including phenoxy) is 2. The number of aromatic nitrogens is 5. The highest BCUT2D eigenvalue weighted by molar-refractivity contribution is 5.67. The summed E-state index contributed by atoms with van der Waals surface area (Å²) in [6, 6.07) is 5.83. The predicted octanol–water partition coefficient (Wildman–Crippen LogP) is 2.97. The maximum atomic E-state index is 11.7. The Morgan fingerprint density at radius 2 is 2.03 bits per heavy atom. The fraction of sp³-hybridized carbons (Fsp3) is 0.400. The van der Waals surface area contributed by atoms with Crippen molar-refractivity contribution in [1.29, 1.82) is 0 Å². The monoisotopic (exact) mass is 398 g/mol. The van der Waals surface area contributed by atoms with Crippen molar-refractivity contribution in [1.82, 2.24) is 29.9 Å². The van der Waals surface area contributed by atoms with E-state index in [1.54, 1.807) is 18.1 Å². The highest BCUT2D eigenvalue weighted by Gasteiger charge is 2.16. The van der Waals surface area contributed by atoms with Crippen LogP contribution in [0.25, 0.3) is 16.9 Å². The van der Waals surface area contributed by atoms with Crippen LogP contribution in [0, 0.1) is 6.92 Å². The minimum atomic E-state index is -0.523. The van der Waals surface area contributed by atoms with Crippen LogP contribution in [-0.4, -0.2) is 49.9 Å². The maximum Gasteiger partial charge on any atom is 0.407 e. The van der Waals surface area contributed by atoms with Crippen LogP contribution in [0.1, 0.15) is 26.5 Å². The van der Waals surface area contributed by atoms with Gasteiger partial charge in [0.05, 0.1) is 37.6 Å². The topological polar surface area (TPSA) is 96.1 Å². The summed E-state index contributed by atoms with van der Waals surface area (Å²) < 4.78 is 14.3. The second kappa shape index (κ2) is 8.34. The quantitative estimate of drug-likeness (QED) is 0.686. The van der Waals surface area contributed by atoms with Gasteiger partial charge in [0.25, 0.3) is 0 Å². The number of amides is 1. The fourth-order valence-electron chi connectivity index (χ4n) is 2.73. The molecule has 1 N–H and O–H groups in total. The Morgan fingerprint density at radius 1 is 1.24 bits per heavy atom. The second-order valence-electron chi connectivity index (χ2n) is 7.60. The number of aryl methyl sites for hydroxylation is 1. The number of imidazole rings is 1. The van der Waals surface area contributed by atoms with Crippen molar-refractivity contribution in [3.63, 3.8) is 0 Å². The summed E-state index contributed by atoms with van der Waals surface area (Å²) in [5.74, 6) is 0.709. The second-order valence-corrected chi connectivity index (χ2v) is 7.60.